The molecule has 172 valence electrons. The van der Waals surface area contributed by atoms with E-state index in [1.165, 1.54) is 24.8 Å². The lowest BCUT2D eigenvalue weighted by Gasteiger charge is -2.15. The van der Waals surface area contributed by atoms with Crippen molar-refractivity contribution in [3.05, 3.63) is 93.5 Å². The number of rotatable bonds is 11. The molecule has 0 fully saturated rings. The van der Waals surface area contributed by atoms with Crippen LogP contribution in [0.2, 0.25) is 0 Å². The van der Waals surface area contributed by atoms with Gasteiger partial charge in [0.15, 0.2) is 11.5 Å². The predicted molar refractivity (Wildman–Crippen MR) is 128 cm³/mol. The number of hydrogen-bond donors (Lipinski definition) is 0. The van der Waals surface area contributed by atoms with Gasteiger partial charge < -0.3 is 14.2 Å². The van der Waals surface area contributed by atoms with Gasteiger partial charge in [0.05, 0.1) is 25.1 Å². The van der Waals surface area contributed by atoms with E-state index in [0.717, 1.165) is 5.75 Å². The van der Waals surface area contributed by atoms with Gasteiger partial charge >= 0.3 is 5.97 Å². The maximum Gasteiger partial charge on any atom is 0.310 e. The van der Waals surface area contributed by atoms with E-state index in [-0.39, 0.29) is 18.1 Å². The molecule has 33 heavy (non-hydrogen) atoms. The van der Waals surface area contributed by atoms with Gasteiger partial charge in [0.25, 0.3) is 5.69 Å². The van der Waals surface area contributed by atoms with Crippen molar-refractivity contribution in [3.63, 3.8) is 0 Å². The Bertz CT molecular complexity index is 1100. The van der Waals surface area contributed by atoms with Gasteiger partial charge in [-0.1, -0.05) is 36.4 Å². The van der Waals surface area contributed by atoms with E-state index in [4.69, 9.17) is 14.2 Å². The Labute approximate surface area is 196 Å². The van der Waals surface area contributed by atoms with Crippen LogP contribution in [0.25, 0.3) is 0 Å². The normalized spacial score (nSPS) is 10.5. The van der Waals surface area contributed by atoms with Crippen LogP contribution in [0.5, 0.6) is 17.2 Å². The zero-order chi connectivity index (χ0) is 23.6. The Hall–Kier alpha value is -3.52. The van der Waals surface area contributed by atoms with E-state index < -0.39 is 4.92 Å². The van der Waals surface area contributed by atoms with Gasteiger partial charge in [0.1, 0.15) is 5.75 Å². The van der Waals surface area contributed by atoms with Gasteiger partial charge in [-0.15, -0.1) is 0 Å². The highest BCUT2D eigenvalue weighted by atomic mass is 32.2. The number of benzene rings is 3. The third kappa shape index (κ3) is 6.98. The first-order chi connectivity index (χ1) is 16.0. The molecular weight excluding hydrogens is 442 g/mol. The highest BCUT2D eigenvalue weighted by molar-refractivity contribution is 7.97. The predicted octanol–water partition coefficient (Wildman–Crippen LogP) is 5.93. The second kappa shape index (κ2) is 11.9. The molecule has 0 spiro atoms. The SMILES string of the molecule is CCOC(=O)Cc1ccc(OC)c(Oc2ccc([N+](=O)[O-])cc2CSCc2ccccc2)c1. The van der Waals surface area contributed by atoms with Crippen molar-refractivity contribution in [2.24, 2.45) is 0 Å². The maximum atomic E-state index is 11.9. The number of carbonyl (C=O) groups is 1. The van der Waals surface area contributed by atoms with Crippen molar-refractivity contribution in [1.82, 2.24) is 0 Å². The maximum absolute atomic E-state index is 11.9. The number of ether oxygens (including phenoxy) is 3. The molecule has 0 atom stereocenters. The quantitative estimate of drug-likeness (QED) is 0.196. The number of esters is 1. The molecule has 3 aromatic carbocycles. The molecule has 0 saturated heterocycles. The van der Waals surface area contributed by atoms with Crippen LogP contribution in [0.4, 0.5) is 5.69 Å². The largest absolute Gasteiger partial charge is 0.493 e. The van der Waals surface area contributed by atoms with E-state index in [2.05, 4.69) is 0 Å². The summed E-state index contributed by atoms with van der Waals surface area (Å²) in [6, 6.07) is 19.7. The first kappa shape index (κ1) is 24.1. The molecule has 0 saturated carbocycles. The van der Waals surface area contributed by atoms with Crippen molar-refractivity contribution in [3.8, 4) is 17.2 Å². The molecule has 0 aliphatic heterocycles. The van der Waals surface area contributed by atoms with Crippen molar-refractivity contribution in [2.45, 2.75) is 24.9 Å². The first-order valence-electron chi connectivity index (χ1n) is 10.4. The number of nitro groups is 1. The number of nitro benzene ring substituents is 1. The molecule has 0 unspecified atom stereocenters. The lowest BCUT2D eigenvalue weighted by Crippen LogP contribution is -2.07. The Morgan fingerprint density at radius 3 is 2.39 bits per heavy atom. The highest BCUT2D eigenvalue weighted by Gasteiger charge is 2.16. The molecule has 3 rings (SSSR count). The number of hydrogen-bond acceptors (Lipinski definition) is 7. The molecule has 3 aromatic rings. The van der Waals surface area contributed by atoms with E-state index in [0.29, 0.717) is 40.7 Å². The molecular formula is C25H25NO6S. The van der Waals surface area contributed by atoms with Gasteiger partial charge in [0.2, 0.25) is 0 Å². The van der Waals surface area contributed by atoms with Crippen LogP contribution in [-0.2, 0) is 27.5 Å². The fourth-order valence-corrected chi connectivity index (χ4v) is 4.13. The van der Waals surface area contributed by atoms with Gasteiger partial charge in [-0.25, -0.2) is 0 Å². The summed E-state index contributed by atoms with van der Waals surface area (Å²) in [5, 5.41) is 11.3. The van der Waals surface area contributed by atoms with E-state index in [1.54, 1.807) is 43.0 Å². The number of non-ortho nitro benzene ring substituents is 1. The van der Waals surface area contributed by atoms with Gasteiger partial charge in [-0.2, -0.15) is 11.8 Å². The third-order valence-electron chi connectivity index (χ3n) is 4.73. The minimum Gasteiger partial charge on any atom is -0.493 e. The van der Waals surface area contributed by atoms with E-state index in [9.17, 15) is 14.9 Å². The molecule has 0 N–H and O–H groups in total. The van der Waals surface area contributed by atoms with Crippen molar-refractivity contribution in [1.29, 1.82) is 0 Å². The molecule has 0 aliphatic rings. The van der Waals surface area contributed by atoms with Gasteiger partial charge in [-0.05, 0) is 36.2 Å². The molecule has 0 aromatic heterocycles. The number of thioether (sulfide) groups is 1. The zero-order valence-electron chi connectivity index (χ0n) is 18.5. The molecule has 8 heteroatoms. The van der Waals surface area contributed by atoms with Crippen molar-refractivity contribution >= 4 is 23.4 Å². The molecule has 0 heterocycles. The topological polar surface area (TPSA) is 87.9 Å². The van der Waals surface area contributed by atoms with Gasteiger partial charge in [0, 0.05) is 29.2 Å². The lowest BCUT2D eigenvalue weighted by atomic mass is 10.1. The van der Waals surface area contributed by atoms with E-state index >= 15 is 0 Å². The summed E-state index contributed by atoms with van der Waals surface area (Å²) >= 11 is 1.64. The second-order valence-corrected chi connectivity index (χ2v) is 8.08. The van der Waals surface area contributed by atoms with Crippen LogP contribution in [0, 0.1) is 10.1 Å². The Morgan fingerprint density at radius 2 is 1.70 bits per heavy atom. The fraction of sp³-hybridized carbons (Fsp3) is 0.240. The van der Waals surface area contributed by atoms with Crippen LogP contribution < -0.4 is 9.47 Å². The Balaban J connectivity index is 1.83. The zero-order valence-corrected chi connectivity index (χ0v) is 19.3. The fourth-order valence-electron chi connectivity index (χ4n) is 3.15. The smallest absolute Gasteiger partial charge is 0.310 e. The summed E-state index contributed by atoms with van der Waals surface area (Å²) < 4.78 is 16.6. The van der Waals surface area contributed by atoms with Crippen molar-refractivity contribution < 1.29 is 23.9 Å². The minimum absolute atomic E-state index is 0.000637. The number of nitrogens with zero attached hydrogens (tertiary/aromatic N) is 1. The summed E-state index contributed by atoms with van der Waals surface area (Å²) in [6.07, 6.45) is 0.105. The van der Waals surface area contributed by atoms with Crippen LogP contribution >= 0.6 is 11.8 Å². The first-order valence-corrected chi connectivity index (χ1v) is 11.5. The standard InChI is InChI=1S/C25H25NO6S/c1-3-31-25(27)14-19-9-11-23(30-2)24(13-19)32-22-12-10-21(26(28)29)15-20(22)17-33-16-18-7-5-4-6-8-18/h4-13,15H,3,14,16-17H2,1-2H3. The molecule has 0 amide bonds. The second-order valence-electron chi connectivity index (χ2n) is 7.10. The highest BCUT2D eigenvalue weighted by Crippen LogP contribution is 2.37. The molecule has 0 bridgehead atoms. The van der Waals surface area contributed by atoms with Crippen LogP contribution in [0.1, 0.15) is 23.6 Å². The summed E-state index contributed by atoms with van der Waals surface area (Å²) in [6.45, 7) is 2.07. The average molecular weight is 468 g/mol. The summed E-state index contributed by atoms with van der Waals surface area (Å²) in [5.41, 5.74) is 2.58. The Kier molecular flexibility index (Phi) is 8.71. The Morgan fingerprint density at radius 1 is 0.939 bits per heavy atom. The number of methoxy groups -OCH3 is 1. The van der Waals surface area contributed by atoms with Gasteiger partial charge in [-0.3, -0.25) is 14.9 Å². The van der Waals surface area contributed by atoms with Crippen LogP contribution in [0.3, 0.4) is 0 Å². The lowest BCUT2D eigenvalue weighted by molar-refractivity contribution is -0.384. The molecule has 0 radical (unpaired) electrons. The van der Waals surface area contributed by atoms with E-state index in [1.807, 2.05) is 30.3 Å². The summed E-state index contributed by atoms with van der Waals surface area (Å²) in [7, 11) is 1.53. The van der Waals surface area contributed by atoms with Crippen molar-refractivity contribution in [2.75, 3.05) is 13.7 Å². The number of carbonyl (C=O) groups excluding carboxylic acids is 1. The minimum atomic E-state index is -0.421. The third-order valence-corrected chi connectivity index (χ3v) is 5.78. The molecule has 0 aliphatic carbocycles. The molecule has 7 nitrogen and oxygen atoms in total. The average Bonchev–Trinajstić information content (AvgIpc) is 2.81. The van der Waals surface area contributed by atoms with Crippen LogP contribution in [-0.4, -0.2) is 24.6 Å². The summed E-state index contributed by atoms with van der Waals surface area (Å²) in [4.78, 5) is 22.8. The summed E-state index contributed by atoms with van der Waals surface area (Å²) in [5.74, 6) is 2.36. The monoisotopic (exact) mass is 467 g/mol. The van der Waals surface area contributed by atoms with Crippen LogP contribution in [0.15, 0.2) is 66.7 Å².